The summed E-state index contributed by atoms with van der Waals surface area (Å²) in [6.45, 7) is 5.82. The summed E-state index contributed by atoms with van der Waals surface area (Å²) in [7, 11) is -3.77. The van der Waals surface area contributed by atoms with Crippen molar-refractivity contribution in [3.05, 3.63) is 69.0 Å². The third kappa shape index (κ3) is 4.26. The molecule has 0 amide bonds. The summed E-state index contributed by atoms with van der Waals surface area (Å²) in [5.74, 6) is -0.694. The van der Waals surface area contributed by atoms with Gasteiger partial charge in [-0.3, -0.25) is 0 Å². The Balaban J connectivity index is 1.96. The molecule has 0 fully saturated rings. The molecule has 0 spiro atoms. The fourth-order valence-corrected chi connectivity index (χ4v) is 4.74. The Labute approximate surface area is 178 Å². The van der Waals surface area contributed by atoms with Gasteiger partial charge in [-0.05, 0) is 42.8 Å². The molecule has 7 nitrogen and oxygen atoms in total. The van der Waals surface area contributed by atoms with Gasteiger partial charge in [0, 0.05) is 30.6 Å². The Hall–Kier alpha value is -2.68. The van der Waals surface area contributed by atoms with Gasteiger partial charge in [0.1, 0.15) is 11.3 Å². The van der Waals surface area contributed by atoms with Crippen LogP contribution in [0.25, 0.3) is 11.0 Å². The number of esters is 1. The molecule has 0 saturated carbocycles. The van der Waals surface area contributed by atoms with Gasteiger partial charge >= 0.3 is 11.6 Å². The molecule has 0 aliphatic carbocycles. The number of aryl methyl sites for hydroxylation is 1. The third-order valence-corrected chi connectivity index (χ3v) is 7.01. The monoisotopic (exact) mass is 449 g/mol. The van der Waals surface area contributed by atoms with E-state index in [9.17, 15) is 18.0 Å². The van der Waals surface area contributed by atoms with E-state index < -0.39 is 21.6 Å². The second-order valence-electron chi connectivity index (χ2n) is 6.53. The molecule has 9 heteroatoms. The van der Waals surface area contributed by atoms with Crippen LogP contribution in [-0.2, 0) is 10.0 Å². The number of hydrogen-bond donors (Lipinski definition) is 0. The molecule has 2 aromatic carbocycles. The number of nitrogens with zero attached hydrogens (tertiary/aromatic N) is 1. The minimum absolute atomic E-state index is 0.0531. The lowest BCUT2D eigenvalue weighted by Crippen LogP contribution is -2.30. The topological polar surface area (TPSA) is 93.9 Å². The van der Waals surface area contributed by atoms with Crippen molar-refractivity contribution in [2.75, 3.05) is 13.1 Å². The van der Waals surface area contributed by atoms with Gasteiger partial charge in [-0.15, -0.1) is 0 Å². The van der Waals surface area contributed by atoms with Crippen molar-refractivity contribution in [2.45, 2.75) is 25.7 Å². The highest BCUT2D eigenvalue weighted by atomic mass is 35.5. The molecule has 3 rings (SSSR count). The van der Waals surface area contributed by atoms with Crippen LogP contribution < -0.4 is 10.4 Å². The largest absolute Gasteiger partial charge is 0.423 e. The normalized spacial score (nSPS) is 11.8. The molecule has 1 aromatic heterocycles. The minimum atomic E-state index is -3.77. The molecule has 0 atom stereocenters. The molecule has 0 unspecified atom stereocenters. The molecule has 0 aliphatic rings. The van der Waals surface area contributed by atoms with E-state index in [0.29, 0.717) is 18.5 Å². The van der Waals surface area contributed by atoms with Gasteiger partial charge in [0.05, 0.1) is 15.5 Å². The Bertz CT molecular complexity index is 1280. The Morgan fingerprint density at radius 3 is 2.47 bits per heavy atom. The van der Waals surface area contributed by atoms with Crippen LogP contribution in [-0.4, -0.2) is 31.8 Å². The number of benzene rings is 2. The second kappa shape index (κ2) is 8.59. The van der Waals surface area contributed by atoms with E-state index in [4.69, 9.17) is 20.8 Å². The molecule has 0 N–H and O–H groups in total. The van der Waals surface area contributed by atoms with Crippen molar-refractivity contribution in [2.24, 2.45) is 0 Å². The average molecular weight is 450 g/mol. The molecular weight excluding hydrogens is 430 g/mol. The number of ether oxygens (including phenoxy) is 1. The summed E-state index contributed by atoms with van der Waals surface area (Å²) in [5.41, 5.74) is 0.405. The summed E-state index contributed by atoms with van der Waals surface area (Å²) < 4.78 is 37.3. The second-order valence-corrected chi connectivity index (χ2v) is 8.87. The van der Waals surface area contributed by atoms with Crippen LogP contribution >= 0.6 is 11.6 Å². The first-order valence-corrected chi connectivity index (χ1v) is 11.1. The molecule has 0 bridgehead atoms. The van der Waals surface area contributed by atoms with E-state index in [0.717, 1.165) is 5.56 Å². The Morgan fingerprint density at radius 1 is 1.10 bits per heavy atom. The van der Waals surface area contributed by atoms with Gasteiger partial charge in [0.25, 0.3) is 0 Å². The van der Waals surface area contributed by atoms with E-state index in [1.807, 2.05) is 0 Å². The van der Waals surface area contributed by atoms with Gasteiger partial charge in [0.2, 0.25) is 10.0 Å². The van der Waals surface area contributed by atoms with Gasteiger partial charge < -0.3 is 9.15 Å². The van der Waals surface area contributed by atoms with Crippen LogP contribution in [0.15, 0.2) is 56.6 Å². The fourth-order valence-electron chi connectivity index (χ4n) is 3.06. The number of carbonyl (C=O) groups is 1. The lowest BCUT2D eigenvalue weighted by atomic mass is 10.1. The summed E-state index contributed by atoms with van der Waals surface area (Å²) in [6.07, 6.45) is 0. The molecule has 0 saturated heterocycles. The van der Waals surface area contributed by atoms with Gasteiger partial charge in [-0.25, -0.2) is 18.0 Å². The van der Waals surface area contributed by atoms with Crippen molar-refractivity contribution in [3.63, 3.8) is 0 Å². The zero-order valence-corrected chi connectivity index (χ0v) is 18.2. The summed E-state index contributed by atoms with van der Waals surface area (Å²) in [4.78, 5) is 24.2. The van der Waals surface area contributed by atoms with Gasteiger partial charge in [-0.1, -0.05) is 25.4 Å². The van der Waals surface area contributed by atoms with Crippen molar-refractivity contribution >= 4 is 38.6 Å². The summed E-state index contributed by atoms with van der Waals surface area (Å²) >= 11 is 6.12. The van der Waals surface area contributed by atoms with E-state index in [1.54, 1.807) is 32.9 Å². The zero-order chi connectivity index (χ0) is 22.1. The highest BCUT2D eigenvalue weighted by Gasteiger charge is 2.24. The van der Waals surface area contributed by atoms with Crippen molar-refractivity contribution in [1.29, 1.82) is 0 Å². The number of rotatable bonds is 6. The molecule has 1 heterocycles. The number of sulfonamides is 1. The van der Waals surface area contributed by atoms with E-state index in [2.05, 4.69) is 0 Å². The van der Waals surface area contributed by atoms with Crippen LogP contribution in [0, 0.1) is 6.92 Å². The fraction of sp³-hybridized carbons (Fsp3) is 0.238. The first-order valence-electron chi connectivity index (χ1n) is 9.23. The quantitative estimate of drug-likeness (QED) is 0.320. The predicted octanol–water partition coefficient (Wildman–Crippen LogP) is 4.00. The van der Waals surface area contributed by atoms with E-state index in [-0.39, 0.29) is 26.8 Å². The molecule has 30 heavy (non-hydrogen) atoms. The standard InChI is InChI=1S/C21H20ClNO6S/c1-4-23(5-2)30(26,27)15-7-9-18(22)17(12-15)21(25)28-14-6-8-16-13(3)10-20(24)29-19(16)11-14/h6-12H,4-5H2,1-3H3. The van der Waals surface area contributed by atoms with Gasteiger partial charge in [0.15, 0.2) is 0 Å². The number of fused-ring (bicyclic) bond motifs is 1. The average Bonchev–Trinajstić information content (AvgIpc) is 2.68. The van der Waals surface area contributed by atoms with Crippen molar-refractivity contribution in [3.8, 4) is 5.75 Å². The summed E-state index contributed by atoms with van der Waals surface area (Å²) in [6, 6.07) is 9.90. The Kier molecular flexibility index (Phi) is 6.30. The van der Waals surface area contributed by atoms with Crippen molar-refractivity contribution in [1.82, 2.24) is 4.31 Å². The number of hydrogen-bond acceptors (Lipinski definition) is 6. The van der Waals surface area contributed by atoms with Crippen LogP contribution in [0.3, 0.4) is 0 Å². The first-order chi connectivity index (χ1) is 14.2. The van der Waals surface area contributed by atoms with Crippen LogP contribution in [0.2, 0.25) is 5.02 Å². The molecule has 3 aromatic rings. The predicted molar refractivity (Wildman–Crippen MR) is 114 cm³/mol. The molecule has 0 aliphatic heterocycles. The van der Waals surface area contributed by atoms with Crippen molar-refractivity contribution < 1.29 is 22.4 Å². The van der Waals surface area contributed by atoms with E-state index in [1.165, 1.54) is 34.6 Å². The Morgan fingerprint density at radius 2 is 1.80 bits per heavy atom. The number of carbonyl (C=O) groups excluding carboxylic acids is 1. The maximum Gasteiger partial charge on any atom is 0.345 e. The lowest BCUT2D eigenvalue weighted by Gasteiger charge is -2.19. The lowest BCUT2D eigenvalue weighted by molar-refractivity contribution is 0.0735. The maximum atomic E-state index is 12.7. The maximum absolute atomic E-state index is 12.7. The SMILES string of the molecule is CCN(CC)S(=O)(=O)c1ccc(Cl)c(C(=O)Oc2ccc3c(C)cc(=O)oc3c2)c1. The molecule has 158 valence electrons. The number of halogens is 1. The minimum Gasteiger partial charge on any atom is -0.423 e. The van der Waals surface area contributed by atoms with Crippen LogP contribution in [0.4, 0.5) is 0 Å². The zero-order valence-electron chi connectivity index (χ0n) is 16.6. The highest BCUT2D eigenvalue weighted by molar-refractivity contribution is 7.89. The van der Waals surface area contributed by atoms with Crippen LogP contribution in [0.5, 0.6) is 5.75 Å². The first kappa shape index (κ1) is 22.0. The van der Waals surface area contributed by atoms with Gasteiger partial charge in [-0.2, -0.15) is 4.31 Å². The molecular formula is C21H20ClNO6S. The molecule has 0 radical (unpaired) electrons. The van der Waals surface area contributed by atoms with Crippen LogP contribution in [0.1, 0.15) is 29.8 Å². The third-order valence-electron chi connectivity index (χ3n) is 4.63. The van der Waals surface area contributed by atoms with E-state index >= 15 is 0 Å². The highest BCUT2D eigenvalue weighted by Crippen LogP contribution is 2.26. The smallest absolute Gasteiger partial charge is 0.345 e. The summed E-state index contributed by atoms with van der Waals surface area (Å²) in [5, 5.41) is 0.765.